The van der Waals surface area contributed by atoms with Gasteiger partial charge >= 0.3 is 0 Å². The number of para-hydroxylation sites is 1. The number of anilines is 6. The highest BCUT2D eigenvalue weighted by Crippen LogP contribution is 2.44. The molecule has 4 heterocycles. The Labute approximate surface area is 272 Å². The minimum atomic E-state index is 0.117. The van der Waals surface area contributed by atoms with Gasteiger partial charge in [0.25, 0.3) is 0 Å². The third-order valence-corrected chi connectivity index (χ3v) is 10.3. The average Bonchev–Trinajstić information content (AvgIpc) is 3.41. The van der Waals surface area contributed by atoms with Gasteiger partial charge in [0.1, 0.15) is 5.02 Å². The first-order chi connectivity index (χ1) is 21.2. The number of benzene rings is 2. The number of hydrogen-bond donors (Lipinski definition) is 2. The molecule has 0 spiro atoms. The van der Waals surface area contributed by atoms with Crippen molar-refractivity contribution in [3.8, 4) is 0 Å². The molecule has 6 rings (SSSR count). The summed E-state index contributed by atoms with van der Waals surface area (Å²) in [5.41, 5.74) is 7.16. The number of nitrogens with one attached hydrogen (secondary N) is 2. The zero-order chi connectivity index (χ0) is 30.8. The Hall–Kier alpha value is -2.72. The molecule has 2 fully saturated rings. The van der Waals surface area contributed by atoms with E-state index in [1.165, 1.54) is 61.5 Å². The number of piperazine rings is 1. The second-order valence-corrected chi connectivity index (χ2v) is 15.5. The summed E-state index contributed by atoms with van der Waals surface area (Å²) in [7, 11) is 2.23. The fraction of sp³-hybridized carbons (Fsp3) is 0.529. The molecule has 0 amide bonds. The molecule has 0 radical (unpaired) electrons. The number of likely N-dealkylation sites (N-methyl/N-ethyl adjacent to an activating group) is 1. The first-order valence-corrected chi connectivity index (χ1v) is 17.3. The molecule has 0 unspecified atom stereocenters. The molecule has 10 heteroatoms. The highest BCUT2D eigenvalue weighted by atomic mass is 35.5. The lowest BCUT2D eigenvalue weighted by Gasteiger charge is -2.42. The molecule has 0 atom stereocenters. The van der Waals surface area contributed by atoms with E-state index in [0.29, 0.717) is 22.8 Å². The highest BCUT2D eigenvalue weighted by molar-refractivity contribution is 8.01. The monoisotopic (exact) mass is 634 g/mol. The summed E-state index contributed by atoms with van der Waals surface area (Å²) < 4.78 is 2.52. The fourth-order valence-electron chi connectivity index (χ4n) is 6.57. The van der Waals surface area contributed by atoms with Crippen LogP contribution in [0.25, 0.3) is 0 Å². The number of rotatable bonds is 8. The van der Waals surface area contributed by atoms with Crippen molar-refractivity contribution in [2.24, 2.45) is 0 Å². The zero-order valence-electron chi connectivity index (χ0n) is 26.9. The van der Waals surface area contributed by atoms with Crippen LogP contribution in [0.15, 0.2) is 42.6 Å². The SMILES string of the molecule is CCc1cc(N2CCC(N3CCN(C)CC3)CC2)ccc1Nc1ncc(Cl)c(Nc2cccc3c2N(SC(C)(C)C)CC3)n1. The smallest absolute Gasteiger partial charge is 0.229 e. The van der Waals surface area contributed by atoms with Crippen molar-refractivity contribution >= 4 is 58.1 Å². The summed E-state index contributed by atoms with van der Waals surface area (Å²) >= 11 is 8.50. The maximum Gasteiger partial charge on any atom is 0.229 e. The summed E-state index contributed by atoms with van der Waals surface area (Å²) in [6.07, 6.45) is 6.09. The van der Waals surface area contributed by atoms with Crippen LogP contribution in [0.3, 0.4) is 0 Å². The van der Waals surface area contributed by atoms with Gasteiger partial charge in [-0.15, -0.1) is 0 Å². The van der Waals surface area contributed by atoms with Gasteiger partial charge < -0.3 is 24.7 Å². The van der Waals surface area contributed by atoms with E-state index in [4.69, 9.17) is 16.6 Å². The van der Waals surface area contributed by atoms with Gasteiger partial charge in [0.05, 0.1) is 17.6 Å². The summed E-state index contributed by atoms with van der Waals surface area (Å²) in [5, 5.41) is 7.52. The minimum Gasteiger partial charge on any atom is -0.371 e. The number of halogens is 1. The van der Waals surface area contributed by atoms with Crippen LogP contribution in [0.4, 0.5) is 34.5 Å². The molecule has 0 saturated carbocycles. The summed E-state index contributed by atoms with van der Waals surface area (Å²) in [6, 6.07) is 13.9. The molecular weight excluding hydrogens is 588 g/mol. The van der Waals surface area contributed by atoms with E-state index in [0.717, 1.165) is 43.9 Å². The molecule has 8 nitrogen and oxygen atoms in total. The van der Waals surface area contributed by atoms with Gasteiger partial charge in [-0.2, -0.15) is 4.98 Å². The molecule has 1 aromatic heterocycles. The topological polar surface area (TPSA) is 62.8 Å². The number of hydrogen-bond acceptors (Lipinski definition) is 9. The van der Waals surface area contributed by atoms with E-state index >= 15 is 0 Å². The Bertz CT molecular complexity index is 1440. The minimum absolute atomic E-state index is 0.117. The van der Waals surface area contributed by atoms with Crippen LogP contribution in [-0.2, 0) is 12.8 Å². The summed E-state index contributed by atoms with van der Waals surface area (Å²) in [5.74, 6) is 1.13. The van der Waals surface area contributed by atoms with E-state index in [2.05, 4.69) is 106 Å². The second kappa shape index (κ2) is 13.3. The molecule has 3 aliphatic rings. The largest absolute Gasteiger partial charge is 0.371 e. The molecule has 2 saturated heterocycles. The van der Waals surface area contributed by atoms with E-state index in [9.17, 15) is 0 Å². The van der Waals surface area contributed by atoms with Crippen molar-refractivity contribution in [1.29, 1.82) is 0 Å². The van der Waals surface area contributed by atoms with Crippen molar-refractivity contribution in [3.63, 3.8) is 0 Å². The Morgan fingerprint density at radius 1 is 0.955 bits per heavy atom. The Morgan fingerprint density at radius 3 is 2.45 bits per heavy atom. The first kappa shape index (κ1) is 31.3. The van der Waals surface area contributed by atoms with Crippen LogP contribution in [0.5, 0.6) is 0 Å². The lowest BCUT2D eigenvalue weighted by atomic mass is 10.0. The molecule has 0 bridgehead atoms. The van der Waals surface area contributed by atoms with Gasteiger partial charge in [-0.3, -0.25) is 4.90 Å². The van der Waals surface area contributed by atoms with Crippen LogP contribution < -0.4 is 19.8 Å². The molecule has 2 aromatic carbocycles. The van der Waals surface area contributed by atoms with Gasteiger partial charge in [0, 0.05) is 68.0 Å². The van der Waals surface area contributed by atoms with Crippen LogP contribution in [0, 0.1) is 0 Å². The molecular formula is C34H47ClN8S. The van der Waals surface area contributed by atoms with E-state index in [1.807, 2.05) is 11.9 Å². The van der Waals surface area contributed by atoms with Gasteiger partial charge in [0.15, 0.2) is 5.82 Å². The summed E-state index contributed by atoms with van der Waals surface area (Å²) in [6.45, 7) is 16.9. The molecule has 0 aliphatic carbocycles. The molecule has 236 valence electrons. The van der Waals surface area contributed by atoms with Crippen molar-refractivity contribution in [3.05, 3.63) is 58.7 Å². The summed E-state index contributed by atoms with van der Waals surface area (Å²) in [4.78, 5) is 17.1. The van der Waals surface area contributed by atoms with Crippen molar-refractivity contribution in [1.82, 2.24) is 19.8 Å². The number of piperidine rings is 1. The average molecular weight is 635 g/mol. The Kier molecular flexibility index (Phi) is 9.47. The molecule has 2 N–H and O–H groups in total. The van der Waals surface area contributed by atoms with Crippen molar-refractivity contribution in [2.75, 3.05) is 72.7 Å². The fourth-order valence-corrected chi connectivity index (χ4v) is 7.86. The number of aryl methyl sites for hydroxylation is 1. The van der Waals surface area contributed by atoms with Crippen molar-refractivity contribution in [2.45, 2.75) is 64.2 Å². The molecule has 3 aromatic rings. The standard InChI is InChI=1S/C34H47ClN8S/c1-6-24-22-27(41-15-13-26(14-16-41)42-20-18-40(5)19-21-42)10-11-29(24)38-33-36-23-28(35)32(39-33)37-30-9-7-8-25-12-17-43(31(25)30)44-34(2,3)4/h7-11,22-23,26H,6,12-21H2,1-5H3,(H2,36,37,38,39). The first-order valence-electron chi connectivity index (χ1n) is 16.1. The van der Waals surface area contributed by atoms with E-state index in [-0.39, 0.29) is 4.75 Å². The normalized spacial score (nSPS) is 18.5. The van der Waals surface area contributed by atoms with Crippen LogP contribution >= 0.6 is 23.5 Å². The third kappa shape index (κ3) is 7.22. The third-order valence-electron chi connectivity index (χ3n) is 8.93. The van der Waals surface area contributed by atoms with E-state index in [1.54, 1.807) is 6.20 Å². The van der Waals surface area contributed by atoms with Crippen LogP contribution in [-0.4, -0.2) is 83.4 Å². The Balaban J connectivity index is 1.14. The predicted molar refractivity (Wildman–Crippen MR) is 189 cm³/mol. The van der Waals surface area contributed by atoms with Crippen molar-refractivity contribution < 1.29 is 0 Å². The lowest BCUT2D eigenvalue weighted by Crippen LogP contribution is -2.52. The Morgan fingerprint density at radius 2 is 1.73 bits per heavy atom. The predicted octanol–water partition coefficient (Wildman–Crippen LogP) is 7.21. The quantitative estimate of drug-likeness (QED) is 0.250. The van der Waals surface area contributed by atoms with Gasteiger partial charge in [-0.1, -0.05) is 30.7 Å². The molecule has 3 aliphatic heterocycles. The maximum absolute atomic E-state index is 6.63. The van der Waals surface area contributed by atoms with Gasteiger partial charge in [0.2, 0.25) is 5.95 Å². The lowest BCUT2D eigenvalue weighted by molar-refractivity contribution is 0.0982. The number of aromatic nitrogens is 2. The molecule has 44 heavy (non-hydrogen) atoms. The van der Waals surface area contributed by atoms with E-state index < -0.39 is 0 Å². The number of nitrogens with zero attached hydrogens (tertiary/aromatic N) is 6. The van der Waals surface area contributed by atoms with Crippen LogP contribution in [0.1, 0.15) is 51.7 Å². The van der Waals surface area contributed by atoms with Crippen LogP contribution in [0.2, 0.25) is 5.02 Å². The van der Waals surface area contributed by atoms with Gasteiger partial charge in [-0.05, 0) is 101 Å². The highest BCUT2D eigenvalue weighted by Gasteiger charge is 2.29. The maximum atomic E-state index is 6.63. The zero-order valence-corrected chi connectivity index (χ0v) is 28.4. The number of fused-ring (bicyclic) bond motifs is 1. The van der Waals surface area contributed by atoms with Gasteiger partial charge in [-0.25, -0.2) is 4.98 Å². The second-order valence-electron chi connectivity index (χ2n) is 13.3.